The maximum atomic E-state index is 9.70. The van der Waals surface area contributed by atoms with Crippen molar-refractivity contribution < 1.29 is 4.74 Å². The first kappa shape index (κ1) is 17.2. The lowest BCUT2D eigenvalue weighted by Gasteiger charge is -2.25. The summed E-state index contributed by atoms with van der Waals surface area (Å²) < 4.78 is 7.63. The lowest BCUT2D eigenvalue weighted by molar-refractivity contribution is 0.352. The zero-order chi connectivity index (χ0) is 19.0. The standard InChI is InChI=1S/C21H17ClN4O/c1-13-18-19(15-9-5-6-10-17(15)22)16(11-23)20(24)27-21(18)26(25-13)12-14-7-3-2-4-8-14/h2-10,19H,12,24H2,1H3/t19-/m0/s1. The third kappa shape index (κ3) is 2.94. The average molecular weight is 377 g/mol. The minimum atomic E-state index is -0.406. The van der Waals surface area contributed by atoms with Gasteiger partial charge in [0.15, 0.2) is 0 Å². The number of halogens is 1. The second-order valence-corrected chi connectivity index (χ2v) is 6.80. The maximum absolute atomic E-state index is 9.70. The minimum Gasteiger partial charge on any atom is -0.422 e. The summed E-state index contributed by atoms with van der Waals surface area (Å²) in [5.74, 6) is 0.235. The van der Waals surface area contributed by atoms with Gasteiger partial charge in [0.25, 0.3) is 0 Å². The van der Waals surface area contributed by atoms with Crippen LogP contribution < -0.4 is 10.5 Å². The number of nitrogens with zero attached hydrogens (tertiary/aromatic N) is 3. The number of rotatable bonds is 3. The van der Waals surface area contributed by atoms with E-state index in [0.29, 0.717) is 23.0 Å². The summed E-state index contributed by atoms with van der Waals surface area (Å²) in [4.78, 5) is 0. The van der Waals surface area contributed by atoms with Crippen molar-refractivity contribution in [3.63, 3.8) is 0 Å². The van der Waals surface area contributed by atoms with E-state index in [2.05, 4.69) is 11.2 Å². The average Bonchev–Trinajstić information content (AvgIpc) is 2.97. The monoisotopic (exact) mass is 376 g/mol. The highest BCUT2D eigenvalue weighted by Gasteiger charge is 2.36. The van der Waals surface area contributed by atoms with Gasteiger partial charge in [0, 0.05) is 5.02 Å². The summed E-state index contributed by atoms with van der Waals surface area (Å²) in [5.41, 5.74) is 9.96. The SMILES string of the molecule is Cc1nn(Cc2ccccc2)c2c1[C@@H](c1ccccc1Cl)C(C#N)=C(N)O2. The molecule has 0 spiro atoms. The molecule has 5 nitrogen and oxygen atoms in total. The topological polar surface area (TPSA) is 76.9 Å². The zero-order valence-electron chi connectivity index (χ0n) is 14.7. The van der Waals surface area contributed by atoms with Crippen LogP contribution in [0.2, 0.25) is 5.02 Å². The van der Waals surface area contributed by atoms with Crippen LogP contribution in [0.15, 0.2) is 66.1 Å². The molecule has 1 aromatic heterocycles. The molecule has 2 heterocycles. The number of benzene rings is 2. The Balaban J connectivity index is 1.88. The van der Waals surface area contributed by atoms with Gasteiger partial charge in [0.2, 0.25) is 11.8 Å². The van der Waals surface area contributed by atoms with Gasteiger partial charge in [-0.05, 0) is 24.1 Å². The van der Waals surface area contributed by atoms with Crippen molar-refractivity contribution in [2.45, 2.75) is 19.4 Å². The van der Waals surface area contributed by atoms with Crippen LogP contribution in [0.3, 0.4) is 0 Å². The van der Waals surface area contributed by atoms with Crippen molar-refractivity contribution in [3.8, 4) is 11.9 Å². The number of allylic oxidation sites excluding steroid dienone is 1. The van der Waals surface area contributed by atoms with Gasteiger partial charge in [0.1, 0.15) is 11.6 Å². The number of hydrogen-bond donors (Lipinski definition) is 1. The Kier molecular flexibility index (Phi) is 4.35. The first-order valence-electron chi connectivity index (χ1n) is 8.53. The van der Waals surface area contributed by atoms with Gasteiger partial charge in [-0.25, -0.2) is 4.68 Å². The molecule has 0 aliphatic carbocycles. The van der Waals surface area contributed by atoms with Crippen molar-refractivity contribution in [2.75, 3.05) is 0 Å². The van der Waals surface area contributed by atoms with Crippen LogP contribution in [-0.4, -0.2) is 9.78 Å². The van der Waals surface area contributed by atoms with E-state index in [1.54, 1.807) is 10.7 Å². The highest BCUT2D eigenvalue weighted by Crippen LogP contribution is 2.45. The van der Waals surface area contributed by atoms with Crippen LogP contribution in [0.25, 0.3) is 0 Å². The number of nitriles is 1. The fourth-order valence-corrected chi connectivity index (χ4v) is 3.71. The van der Waals surface area contributed by atoms with E-state index in [4.69, 9.17) is 22.1 Å². The van der Waals surface area contributed by atoms with E-state index in [0.717, 1.165) is 22.4 Å². The van der Waals surface area contributed by atoms with Crippen LogP contribution in [0.4, 0.5) is 0 Å². The second-order valence-electron chi connectivity index (χ2n) is 6.39. The molecule has 6 heteroatoms. The number of aryl methyl sites for hydroxylation is 1. The van der Waals surface area contributed by atoms with E-state index >= 15 is 0 Å². The van der Waals surface area contributed by atoms with Crippen molar-refractivity contribution in [1.82, 2.24) is 9.78 Å². The van der Waals surface area contributed by atoms with Crippen LogP contribution in [-0.2, 0) is 6.54 Å². The Morgan fingerprint density at radius 1 is 1.19 bits per heavy atom. The Hall–Kier alpha value is -3.23. The number of nitrogens with two attached hydrogens (primary N) is 1. The van der Waals surface area contributed by atoms with E-state index in [1.807, 2.05) is 55.5 Å². The van der Waals surface area contributed by atoms with Crippen molar-refractivity contribution in [1.29, 1.82) is 5.26 Å². The molecule has 134 valence electrons. The molecule has 1 atom stereocenters. The first-order valence-corrected chi connectivity index (χ1v) is 8.91. The molecule has 0 radical (unpaired) electrons. The van der Waals surface area contributed by atoms with E-state index in [-0.39, 0.29) is 5.88 Å². The van der Waals surface area contributed by atoms with E-state index in [1.165, 1.54) is 0 Å². The van der Waals surface area contributed by atoms with Crippen LogP contribution in [0, 0.1) is 18.3 Å². The van der Waals surface area contributed by atoms with Crippen LogP contribution in [0.5, 0.6) is 5.88 Å². The van der Waals surface area contributed by atoms with Gasteiger partial charge in [-0.3, -0.25) is 0 Å². The zero-order valence-corrected chi connectivity index (χ0v) is 15.4. The Morgan fingerprint density at radius 3 is 2.59 bits per heavy atom. The molecular weight excluding hydrogens is 360 g/mol. The first-order chi connectivity index (χ1) is 13.1. The lowest BCUT2D eigenvalue weighted by Crippen LogP contribution is -2.22. The molecule has 3 aromatic rings. The number of aromatic nitrogens is 2. The Morgan fingerprint density at radius 2 is 1.89 bits per heavy atom. The Labute approximate surface area is 162 Å². The fraction of sp³-hybridized carbons (Fsp3) is 0.143. The molecule has 27 heavy (non-hydrogen) atoms. The van der Waals surface area contributed by atoms with E-state index in [9.17, 15) is 5.26 Å². The summed E-state index contributed by atoms with van der Waals surface area (Å²) >= 11 is 6.44. The quantitative estimate of drug-likeness (QED) is 0.746. The molecular formula is C21H17ClN4O. The predicted molar refractivity (Wildman–Crippen MR) is 103 cm³/mol. The van der Waals surface area contributed by atoms with E-state index < -0.39 is 5.92 Å². The molecule has 1 aliphatic heterocycles. The molecule has 1 aliphatic rings. The molecule has 0 unspecified atom stereocenters. The number of hydrogen-bond acceptors (Lipinski definition) is 4. The van der Waals surface area contributed by atoms with Gasteiger partial charge in [0.05, 0.1) is 23.7 Å². The molecule has 4 rings (SSSR count). The fourth-order valence-electron chi connectivity index (χ4n) is 3.46. The Bertz CT molecular complexity index is 1080. The van der Waals surface area contributed by atoms with Gasteiger partial charge in [-0.1, -0.05) is 60.1 Å². The molecule has 0 amide bonds. The van der Waals surface area contributed by atoms with Crippen molar-refractivity contribution in [3.05, 3.63) is 93.5 Å². The lowest BCUT2D eigenvalue weighted by atomic mass is 9.84. The smallest absolute Gasteiger partial charge is 0.224 e. The third-order valence-electron chi connectivity index (χ3n) is 4.69. The number of fused-ring (bicyclic) bond motifs is 1. The summed E-state index contributed by atoms with van der Waals surface area (Å²) in [6.45, 7) is 2.45. The summed E-state index contributed by atoms with van der Waals surface area (Å²) in [6, 6.07) is 19.6. The maximum Gasteiger partial charge on any atom is 0.224 e. The summed E-state index contributed by atoms with van der Waals surface area (Å²) in [7, 11) is 0. The molecule has 0 saturated carbocycles. The normalized spacial score (nSPS) is 15.8. The largest absolute Gasteiger partial charge is 0.422 e. The highest BCUT2D eigenvalue weighted by atomic mass is 35.5. The second kappa shape index (κ2) is 6.82. The molecule has 2 aromatic carbocycles. The highest BCUT2D eigenvalue weighted by molar-refractivity contribution is 6.31. The van der Waals surface area contributed by atoms with Crippen molar-refractivity contribution in [2.24, 2.45) is 5.73 Å². The molecule has 0 bridgehead atoms. The minimum absolute atomic E-state index is 0.0872. The molecule has 0 saturated heterocycles. The summed E-state index contributed by atoms with van der Waals surface area (Å²) in [6.07, 6.45) is 0. The van der Waals surface area contributed by atoms with Crippen LogP contribution >= 0.6 is 11.6 Å². The van der Waals surface area contributed by atoms with Gasteiger partial charge in [-0.2, -0.15) is 10.4 Å². The number of ether oxygens (including phenoxy) is 1. The molecule has 2 N–H and O–H groups in total. The van der Waals surface area contributed by atoms with Gasteiger partial charge < -0.3 is 10.5 Å². The summed E-state index contributed by atoms with van der Waals surface area (Å²) in [5, 5.41) is 14.9. The van der Waals surface area contributed by atoms with Gasteiger partial charge >= 0.3 is 0 Å². The van der Waals surface area contributed by atoms with Crippen molar-refractivity contribution >= 4 is 11.6 Å². The predicted octanol–water partition coefficient (Wildman–Crippen LogP) is 4.11. The third-order valence-corrected chi connectivity index (χ3v) is 5.03. The molecule has 0 fully saturated rings. The van der Waals surface area contributed by atoms with Gasteiger partial charge in [-0.15, -0.1) is 0 Å². The van der Waals surface area contributed by atoms with Crippen LogP contribution in [0.1, 0.15) is 28.3 Å².